The molecule has 3 rings (SSSR count). The van der Waals surface area contributed by atoms with E-state index in [4.69, 9.17) is 4.74 Å². The third kappa shape index (κ3) is 2.80. The number of fused-ring (bicyclic) bond motifs is 1. The van der Waals surface area contributed by atoms with E-state index in [9.17, 15) is 4.79 Å². The van der Waals surface area contributed by atoms with Gasteiger partial charge in [-0.2, -0.15) is 0 Å². The predicted molar refractivity (Wildman–Crippen MR) is 96.7 cm³/mol. The topological polar surface area (TPSA) is 44.8 Å². The van der Waals surface area contributed by atoms with E-state index in [1.807, 2.05) is 30.9 Å². The van der Waals surface area contributed by atoms with E-state index < -0.39 is 0 Å². The van der Waals surface area contributed by atoms with Crippen LogP contribution in [-0.2, 0) is 0 Å². The Labute approximate surface area is 145 Å². The lowest BCUT2D eigenvalue weighted by Crippen LogP contribution is -2.41. The standard InChI is InChI=1S/C19H29N3O2/c1-5-20-17(23)22-13-18(3)11-21(12-19(18,4)14-22)15-7-9-16(10-8-15)24-6-2/h7-10H,5-6,11-14H2,1-4H3,(H,20,23). The van der Waals surface area contributed by atoms with Crippen molar-refractivity contribution in [3.8, 4) is 5.75 Å². The van der Waals surface area contributed by atoms with Crippen LogP contribution in [-0.4, -0.2) is 50.3 Å². The molecule has 0 aliphatic carbocycles. The molecular formula is C19H29N3O2. The van der Waals surface area contributed by atoms with Crippen LogP contribution in [0.3, 0.4) is 0 Å². The second-order valence-electron chi connectivity index (χ2n) is 7.60. The van der Waals surface area contributed by atoms with Crippen molar-refractivity contribution in [2.24, 2.45) is 10.8 Å². The highest BCUT2D eigenvalue weighted by Gasteiger charge is 2.58. The summed E-state index contributed by atoms with van der Waals surface area (Å²) in [5.74, 6) is 0.917. The summed E-state index contributed by atoms with van der Waals surface area (Å²) in [6.07, 6.45) is 0. The van der Waals surface area contributed by atoms with Crippen LogP contribution in [0.25, 0.3) is 0 Å². The van der Waals surface area contributed by atoms with Gasteiger partial charge in [-0.25, -0.2) is 4.79 Å². The van der Waals surface area contributed by atoms with Crippen molar-refractivity contribution < 1.29 is 9.53 Å². The van der Waals surface area contributed by atoms with Crippen molar-refractivity contribution in [3.63, 3.8) is 0 Å². The summed E-state index contributed by atoms with van der Waals surface area (Å²) >= 11 is 0. The van der Waals surface area contributed by atoms with Gasteiger partial charge in [-0.1, -0.05) is 13.8 Å². The zero-order valence-corrected chi connectivity index (χ0v) is 15.3. The minimum absolute atomic E-state index is 0.0713. The van der Waals surface area contributed by atoms with Gasteiger partial charge in [-0.15, -0.1) is 0 Å². The van der Waals surface area contributed by atoms with E-state index in [1.54, 1.807) is 0 Å². The van der Waals surface area contributed by atoms with Gasteiger partial charge in [0.1, 0.15) is 5.75 Å². The van der Waals surface area contributed by atoms with E-state index in [2.05, 4.69) is 36.2 Å². The molecule has 2 amide bonds. The molecule has 5 nitrogen and oxygen atoms in total. The van der Waals surface area contributed by atoms with Crippen molar-refractivity contribution in [1.82, 2.24) is 10.2 Å². The number of carbonyl (C=O) groups excluding carboxylic acids is 1. The summed E-state index contributed by atoms with van der Waals surface area (Å²) < 4.78 is 5.53. The first kappa shape index (κ1) is 16.9. The molecule has 2 fully saturated rings. The maximum atomic E-state index is 12.2. The lowest BCUT2D eigenvalue weighted by molar-refractivity contribution is 0.203. The largest absolute Gasteiger partial charge is 0.494 e. The number of likely N-dealkylation sites (tertiary alicyclic amines) is 1. The summed E-state index contributed by atoms with van der Waals surface area (Å²) in [6.45, 7) is 13.6. The normalized spacial score (nSPS) is 28.8. The van der Waals surface area contributed by atoms with Gasteiger partial charge in [0, 0.05) is 49.2 Å². The number of hydrogen-bond acceptors (Lipinski definition) is 3. The second kappa shape index (κ2) is 6.19. The van der Waals surface area contributed by atoms with Crippen LogP contribution < -0.4 is 15.0 Å². The zero-order chi connectivity index (χ0) is 17.4. The number of nitrogens with zero attached hydrogens (tertiary/aromatic N) is 2. The third-order valence-electron chi connectivity index (χ3n) is 5.74. The molecule has 2 aliphatic heterocycles. The third-order valence-corrected chi connectivity index (χ3v) is 5.74. The number of urea groups is 1. The van der Waals surface area contributed by atoms with Crippen LogP contribution in [0.2, 0.25) is 0 Å². The number of rotatable bonds is 4. The molecule has 0 aromatic heterocycles. The zero-order valence-electron chi connectivity index (χ0n) is 15.3. The Kier molecular flexibility index (Phi) is 4.37. The summed E-state index contributed by atoms with van der Waals surface area (Å²) in [7, 11) is 0. The molecule has 2 unspecified atom stereocenters. The fourth-order valence-corrected chi connectivity index (χ4v) is 4.17. The van der Waals surface area contributed by atoms with Gasteiger partial charge in [0.05, 0.1) is 6.61 Å². The number of ether oxygens (including phenoxy) is 1. The molecule has 0 spiro atoms. The number of amides is 2. The monoisotopic (exact) mass is 331 g/mol. The van der Waals surface area contributed by atoms with Crippen molar-refractivity contribution in [1.29, 1.82) is 0 Å². The van der Waals surface area contributed by atoms with E-state index in [0.29, 0.717) is 13.2 Å². The predicted octanol–water partition coefficient (Wildman–Crippen LogP) is 2.96. The molecule has 132 valence electrons. The minimum atomic E-state index is 0.0713. The Hall–Kier alpha value is -1.91. The number of benzene rings is 1. The van der Waals surface area contributed by atoms with Gasteiger partial charge in [0.25, 0.3) is 0 Å². The lowest BCUT2D eigenvalue weighted by Gasteiger charge is -2.29. The van der Waals surface area contributed by atoms with Gasteiger partial charge in [-0.05, 0) is 38.1 Å². The molecule has 1 aromatic rings. The van der Waals surface area contributed by atoms with Gasteiger partial charge in [0.2, 0.25) is 0 Å². The van der Waals surface area contributed by atoms with Crippen LogP contribution in [0, 0.1) is 10.8 Å². The first-order valence-electron chi connectivity index (χ1n) is 8.91. The molecule has 5 heteroatoms. The van der Waals surface area contributed by atoms with Crippen molar-refractivity contribution in [3.05, 3.63) is 24.3 Å². The maximum Gasteiger partial charge on any atom is 0.317 e. The molecule has 0 bridgehead atoms. The summed E-state index contributed by atoms with van der Waals surface area (Å²) in [4.78, 5) is 16.6. The Balaban J connectivity index is 1.72. The van der Waals surface area contributed by atoms with Crippen molar-refractivity contribution in [2.45, 2.75) is 27.7 Å². The number of hydrogen-bond donors (Lipinski definition) is 1. The average molecular weight is 331 g/mol. The molecule has 1 aromatic carbocycles. The van der Waals surface area contributed by atoms with E-state index in [0.717, 1.165) is 31.9 Å². The maximum absolute atomic E-state index is 12.2. The fourth-order valence-electron chi connectivity index (χ4n) is 4.17. The molecule has 2 aliphatic rings. The summed E-state index contributed by atoms with van der Waals surface area (Å²) in [5, 5.41) is 2.93. The van der Waals surface area contributed by atoms with E-state index in [1.165, 1.54) is 5.69 Å². The Morgan fingerprint density at radius 2 is 1.67 bits per heavy atom. The molecular weight excluding hydrogens is 302 g/mol. The molecule has 0 saturated carbocycles. The van der Waals surface area contributed by atoms with E-state index >= 15 is 0 Å². The van der Waals surface area contributed by atoms with Gasteiger partial charge in [-0.3, -0.25) is 0 Å². The minimum Gasteiger partial charge on any atom is -0.494 e. The highest BCUT2D eigenvalue weighted by molar-refractivity contribution is 5.75. The van der Waals surface area contributed by atoms with Gasteiger partial charge < -0.3 is 19.9 Å². The number of anilines is 1. The van der Waals surface area contributed by atoms with Gasteiger partial charge in [0.15, 0.2) is 0 Å². The molecule has 24 heavy (non-hydrogen) atoms. The van der Waals surface area contributed by atoms with Crippen LogP contribution in [0.4, 0.5) is 10.5 Å². The van der Waals surface area contributed by atoms with Crippen LogP contribution in [0.15, 0.2) is 24.3 Å². The second-order valence-corrected chi connectivity index (χ2v) is 7.60. The lowest BCUT2D eigenvalue weighted by atomic mass is 9.71. The van der Waals surface area contributed by atoms with Gasteiger partial charge >= 0.3 is 6.03 Å². The van der Waals surface area contributed by atoms with Crippen LogP contribution in [0.5, 0.6) is 5.75 Å². The Morgan fingerprint density at radius 1 is 1.08 bits per heavy atom. The van der Waals surface area contributed by atoms with Crippen LogP contribution >= 0.6 is 0 Å². The Morgan fingerprint density at radius 3 is 2.17 bits per heavy atom. The first-order chi connectivity index (χ1) is 11.4. The van der Waals surface area contributed by atoms with Crippen molar-refractivity contribution in [2.75, 3.05) is 44.2 Å². The summed E-state index contributed by atoms with van der Waals surface area (Å²) in [6, 6.07) is 8.43. The van der Waals surface area contributed by atoms with Crippen molar-refractivity contribution >= 4 is 11.7 Å². The SMILES string of the molecule is CCNC(=O)N1CC2(C)CN(c3ccc(OCC)cc3)CC2(C)C1. The smallest absolute Gasteiger partial charge is 0.317 e. The number of nitrogens with one attached hydrogen (secondary N) is 1. The number of carbonyl (C=O) groups is 1. The quantitative estimate of drug-likeness (QED) is 0.922. The van der Waals surface area contributed by atoms with E-state index in [-0.39, 0.29) is 16.9 Å². The highest BCUT2D eigenvalue weighted by Crippen LogP contribution is 2.52. The van der Waals surface area contributed by atoms with Crippen LogP contribution in [0.1, 0.15) is 27.7 Å². The summed E-state index contributed by atoms with van der Waals surface area (Å²) in [5.41, 5.74) is 1.48. The molecule has 2 saturated heterocycles. The molecule has 2 atom stereocenters. The Bertz CT molecular complexity index is 583. The molecule has 0 radical (unpaired) electrons. The first-order valence-corrected chi connectivity index (χ1v) is 8.91. The fraction of sp³-hybridized carbons (Fsp3) is 0.632. The molecule has 1 N–H and O–H groups in total. The highest BCUT2D eigenvalue weighted by atomic mass is 16.5. The molecule has 2 heterocycles. The average Bonchev–Trinajstić information content (AvgIpc) is 2.93.